The molecule has 1 fully saturated rings. The summed E-state index contributed by atoms with van der Waals surface area (Å²) < 4.78 is 0.808. The summed E-state index contributed by atoms with van der Waals surface area (Å²) in [7, 11) is 0. The summed E-state index contributed by atoms with van der Waals surface area (Å²) in [5, 5.41) is 2.96. The maximum Gasteiger partial charge on any atom is 0.252 e. The SMILES string of the molecule is O=C(NCCCN1CCCC1)c1cc(S)ccc1Br. The highest BCUT2D eigenvalue weighted by atomic mass is 79.9. The lowest BCUT2D eigenvalue weighted by Gasteiger charge is -2.14. The van der Waals surface area contributed by atoms with Crippen molar-refractivity contribution in [1.29, 1.82) is 0 Å². The van der Waals surface area contributed by atoms with Crippen LogP contribution in [0.2, 0.25) is 0 Å². The number of amides is 1. The van der Waals surface area contributed by atoms with Crippen molar-refractivity contribution < 1.29 is 4.79 Å². The Bertz CT molecular complexity index is 447. The Hall–Kier alpha value is -0.520. The van der Waals surface area contributed by atoms with Crippen molar-refractivity contribution in [2.75, 3.05) is 26.2 Å². The predicted molar refractivity (Wildman–Crippen MR) is 84.0 cm³/mol. The van der Waals surface area contributed by atoms with Crippen molar-refractivity contribution in [3.63, 3.8) is 0 Å². The lowest BCUT2D eigenvalue weighted by atomic mass is 10.2. The van der Waals surface area contributed by atoms with Gasteiger partial charge in [-0.1, -0.05) is 0 Å². The zero-order chi connectivity index (χ0) is 13.7. The summed E-state index contributed by atoms with van der Waals surface area (Å²) in [6.07, 6.45) is 3.63. The van der Waals surface area contributed by atoms with Gasteiger partial charge in [-0.2, -0.15) is 0 Å². The molecular weight excluding hydrogens is 324 g/mol. The molecule has 1 heterocycles. The first kappa shape index (κ1) is 14.9. The fourth-order valence-electron chi connectivity index (χ4n) is 2.29. The largest absolute Gasteiger partial charge is 0.352 e. The van der Waals surface area contributed by atoms with E-state index in [0.717, 1.165) is 28.9 Å². The van der Waals surface area contributed by atoms with Gasteiger partial charge in [-0.25, -0.2) is 0 Å². The highest BCUT2D eigenvalue weighted by Gasteiger charge is 2.12. The number of thiol groups is 1. The Balaban J connectivity index is 1.75. The second-order valence-corrected chi connectivity index (χ2v) is 6.19. The third-order valence-electron chi connectivity index (χ3n) is 3.33. The summed E-state index contributed by atoms with van der Waals surface area (Å²) in [5.41, 5.74) is 0.647. The van der Waals surface area contributed by atoms with E-state index in [-0.39, 0.29) is 5.91 Å². The van der Waals surface area contributed by atoms with Crippen LogP contribution in [0.3, 0.4) is 0 Å². The van der Waals surface area contributed by atoms with Crippen LogP contribution >= 0.6 is 28.6 Å². The number of likely N-dealkylation sites (tertiary alicyclic amines) is 1. The fraction of sp³-hybridized carbons (Fsp3) is 0.500. The summed E-state index contributed by atoms with van der Waals surface area (Å²) in [6.45, 7) is 4.22. The molecule has 104 valence electrons. The minimum absolute atomic E-state index is 0.0378. The van der Waals surface area contributed by atoms with E-state index in [9.17, 15) is 4.79 Å². The zero-order valence-corrected chi connectivity index (χ0v) is 13.3. The van der Waals surface area contributed by atoms with Crippen LogP contribution in [0.5, 0.6) is 0 Å². The number of carbonyl (C=O) groups excluding carboxylic acids is 1. The number of rotatable bonds is 5. The lowest BCUT2D eigenvalue weighted by molar-refractivity contribution is 0.0951. The standard InChI is InChI=1S/C14H19BrN2OS/c15-13-5-4-11(19)10-12(13)14(18)16-6-3-9-17-7-1-2-8-17/h4-5,10,19H,1-3,6-9H2,(H,16,18). The van der Waals surface area contributed by atoms with E-state index in [1.165, 1.54) is 25.9 Å². The van der Waals surface area contributed by atoms with Crippen LogP contribution in [0.15, 0.2) is 27.6 Å². The van der Waals surface area contributed by atoms with Gasteiger partial charge in [0, 0.05) is 15.9 Å². The molecule has 1 aliphatic rings. The second-order valence-electron chi connectivity index (χ2n) is 4.82. The Morgan fingerprint density at radius 3 is 2.84 bits per heavy atom. The Morgan fingerprint density at radius 1 is 1.37 bits per heavy atom. The first-order valence-corrected chi connectivity index (χ1v) is 7.90. The van der Waals surface area contributed by atoms with Crippen molar-refractivity contribution in [3.8, 4) is 0 Å². The van der Waals surface area contributed by atoms with E-state index < -0.39 is 0 Å². The van der Waals surface area contributed by atoms with Crippen molar-refractivity contribution in [2.45, 2.75) is 24.2 Å². The molecule has 1 aromatic rings. The average molecular weight is 343 g/mol. The van der Waals surface area contributed by atoms with Crippen molar-refractivity contribution in [2.24, 2.45) is 0 Å². The second kappa shape index (κ2) is 7.31. The van der Waals surface area contributed by atoms with Crippen molar-refractivity contribution in [3.05, 3.63) is 28.2 Å². The fourth-order valence-corrected chi connectivity index (χ4v) is 2.92. The molecule has 0 aliphatic carbocycles. The van der Waals surface area contributed by atoms with Gasteiger partial charge in [-0.05, 0) is 73.0 Å². The smallest absolute Gasteiger partial charge is 0.252 e. The maximum atomic E-state index is 12.0. The summed E-state index contributed by atoms with van der Waals surface area (Å²) in [6, 6.07) is 5.49. The zero-order valence-electron chi connectivity index (χ0n) is 10.9. The number of halogens is 1. The molecule has 0 spiro atoms. The molecule has 2 rings (SSSR count). The molecule has 0 saturated carbocycles. The quantitative estimate of drug-likeness (QED) is 0.636. The third-order valence-corrected chi connectivity index (χ3v) is 4.30. The number of nitrogens with one attached hydrogen (secondary N) is 1. The van der Waals surface area contributed by atoms with Gasteiger partial charge in [0.25, 0.3) is 5.91 Å². The molecule has 0 unspecified atom stereocenters. The van der Waals surface area contributed by atoms with Crippen molar-refractivity contribution >= 4 is 34.5 Å². The first-order chi connectivity index (χ1) is 9.16. The number of hydrogen-bond acceptors (Lipinski definition) is 3. The molecule has 1 amide bonds. The summed E-state index contributed by atoms with van der Waals surface area (Å²) >= 11 is 7.65. The van der Waals surface area contributed by atoms with Gasteiger partial charge in [0.2, 0.25) is 0 Å². The Labute approximate surface area is 128 Å². The molecule has 0 bridgehead atoms. The van der Waals surface area contributed by atoms with Crippen LogP contribution < -0.4 is 5.32 Å². The topological polar surface area (TPSA) is 32.3 Å². The highest BCUT2D eigenvalue weighted by Crippen LogP contribution is 2.20. The van der Waals surface area contributed by atoms with Crippen LogP contribution in [-0.4, -0.2) is 37.0 Å². The molecule has 5 heteroatoms. The molecule has 1 aliphatic heterocycles. The maximum absolute atomic E-state index is 12.0. The predicted octanol–water partition coefficient (Wildman–Crippen LogP) is 2.95. The third kappa shape index (κ3) is 4.51. The minimum Gasteiger partial charge on any atom is -0.352 e. The van der Waals surface area contributed by atoms with Gasteiger partial charge in [0.15, 0.2) is 0 Å². The minimum atomic E-state index is -0.0378. The van der Waals surface area contributed by atoms with E-state index in [0.29, 0.717) is 5.56 Å². The van der Waals surface area contributed by atoms with Gasteiger partial charge < -0.3 is 10.2 Å². The Morgan fingerprint density at radius 2 is 2.11 bits per heavy atom. The number of carbonyl (C=O) groups is 1. The van der Waals surface area contributed by atoms with Crippen LogP contribution in [0.25, 0.3) is 0 Å². The molecule has 1 aromatic carbocycles. The molecule has 0 atom stereocenters. The van der Waals surface area contributed by atoms with Gasteiger partial charge >= 0.3 is 0 Å². The normalized spacial score (nSPS) is 15.7. The van der Waals surface area contributed by atoms with Crippen LogP contribution in [-0.2, 0) is 0 Å². The number of nitrogens with zero attached hydrogens (tertiary/aromatic N) is 1. The number of benzene rings is 1. The van der Waals surface area contributed by atoms with E-state index in [4.69, 9.17) is 0 Å². The molecule has 19 heavy (non-hydrogen) atoms. The molecule has 0 radical (unpaired) electrons. The van der Waals surface area contributed by atoms with Gasteiger partial charge in [-0.3, -0.25) is 4.79 Å². The van der Waals surface area contributed by atoms with Crippen LogP contribution in [0.1, 0.15) is 29.6 Å². The van der Waals surface area contributed by atoms with Gasteiger partial charge in [0.05, 0.1) is 5.56 Å². The van der Waals surface area contributed by atoms with Crippen molar-refractivity contribution in [1.82, 2.24) is 10.2 Å². The lowest BCUT2D eigenvalue weighted by Crippen LogP contribution is -2.28. The van der Waals surface area contributed by atoms with Crippen LogP contribution in [0.4, 0.5) is 0 Å². The average Bonchev–Trinajstić information content (AvgIpc) is 2.90. The van der Waals surface area contributed by atoms with Gasteiger partial charge in [0.1, 0.15) is 0 Å². The molecule has 1 saturated heterocycles. The van der Waals surface area contributed by atoms with E-state index in [1.54, 1.807) is 6.07 Å². The molecule has 0 aromatic heterocycles. The molecular formula is C14H19BrN2OS. The van der Waals surface area contributed by atoms with Gasteiger partial charge in [-0.15, -0.1) is 12.6 Å². The monoisotopic (exact) mass is 342 g/mol. The van der Waals surface area contributed by atoms with Crippen LogP contribution in [0, 0.1) is 0 Å². The molecule has 1 N–H and O–H groups in total. The first-order valence-electron chi connectivity index (χ1n) is 6.66. The van der Waals surface area contributed by atoms with E-state index >= 15 is 0 Å². The Kier molecular flexibility index (Phi) is 5.73. The molecule has 3 nitrogen and oxygen atoms in total. The van der Waals surface area contributed by atoms with E-state index in [1.807, 2.05) is 12.1 Å². The highest BCUT2D eigenvalue weighted by molar-refractivity contribution is 9.10. The summed E-state index contributed by atoms with van der Waals surface area (Å²) in [4.78, 5) is 15.3. The van der Waals surface area contributed by atoms with E-state index in [2.05, 4.69) is 38.8 Å². The number of hydrogen-bond donors (Lipinski definition) is 2. The summed E-state index contributed by atoms with van der Waals surface area (Å²) in [5.74, 6) is -0.0378.